The predicted octanol–water partition coefficient (Wildman–Crippen LogP) is 2.59. The van der Waals surface area contributed by atoms with Crippen LogP contribution in [-0.4, -0.2) is 12.6 Å². The highest BCUT2D eigenvalue weighted by molar-refractivity contribution is 5.99. The van der Waals surface area contributed by atoms with Gasteiger partial charge in [-0.2, -0.15) is 0 Å². The molecule has 0 spiro atoms. The Hall–Kier alpha value is -1.18. The van der Waals surface area contributed by atoms with Crippen molar-refractivity contribution in [3.8, 4) is 0 Å². The molecule has 0 N–H and O–H groups in total. The number of hydrogen-bond donors (Lipinski definition) is 0. The summed E-state index contributed by atoms with van der Waals surface area (Å²) in [5.74, 6) is 0. The van der Waals surface area contributed by atoms with E-state index in [1.54, 1.807) is 6.08 Å². The highest BCUT2D eigenvalue weighted by Crippen LogP contribution is 2.18. The first-order valence-electron chi connectivity index (χ1n) is 5.18. The largest absolute Gasteiger partial charge is 0.298 e. The van der Waals surface area contributed by atoms with Gasteiger partial charge in [-0.25, -0.2) is 0 Å². The second-order valence-corrected chi connectivity index (χ2v) is 3.61. The molecule has 0 atom stereocenters. The van der Waals surface area contributed by atoms with Crippen molar-refractivity contribution in [2.45, 2.75) is 38.5 Å². The third-order valence-corrected chi connectivity index (χ3v) is 2.45. The van der Waals surface area contributed by atoms with Crippen molar-refractivity contribution >= 4 is 12.6 Å². The molecule has 0 fully saturated rings. The number of carbonyl (C=O) groups excluding carboxylic acids is 2. The molecule has 0 amide bonds. The highest BCUT2D eigenvalue weighted by atomic mass is 16.1. The van der Waals surface area contributed by atoms with Crippen molar-refractivity contribution in [1.29, 1.82) is 0 Å². The van der Waals surface area contributed by atoms with Crippen LogP contribution in [0, 0.1) is 0 Å². The number of carbonyl (C=O) groups is 2. The van der Waals surface area contributed by atoms with E-state index in [-0.39, 0.29) is 5.57 Å². The third kappa shape index (κ3) is 3.69. The summed E-state index contributed by atoms with van der Waals surface area (Å²) in [5.41, 5.74) is 1.38. The van der Waals surface area contributed by atoms with Gasteiger partial charge in [-0.05, 0) is 31.8 Å². The van der Waals surface area contributed by atoms with E-state index in [2.05, 4.69) is 6.08 Å². The van der Waals surface area contributed by atoms with Crippen LogP contribution in [0.4, 0.5) is 0 Å². The van der Waals surface area contributed by atoms with Gasteiger partial charge in [-0.1, -0.05) is 24.5 Å². The van der Waals surface area contributed by atoms with Crippen LogP contribution in [0.25, 0.3) is 0 Å². The minimum absolute atomic E-state index is 0.247. The maximum atomic E-state index is 10.4. The molecule has 14 heavy (non-hydrogen) atoms. The van der Waals surface area contributed by atoms with Gasteiger partial charge in [-0.15, -0.1) is 0 Å². The second-order valence-electron chi connectivity index (χ2n) is 3.61. The van der Waals surface area contributed by atoms with Crippen molar-refractivity contribution < 1.29 is 9.59 Å². The van der Waals surface area contributed by atoms with Crippen molar-refractivity contribution in [2.24, 2.45) is 0 Å². The zero-order valence-electron chi connectivity index (χ0n) is 8.37. The molecule has 0 aliphatic heterocycles. The second kappa shape index (κ2) is 6.30. The number of allylic oxidation sites excluding steroid dienone is 4. The van der Waals surface area contributed by atoms with Crippen LogP contribution >= 0.6 is 0 Å². The van der Waals surface area contributed by atoms with E-state index in [4.69, 9.17) is 0 Å². The molecule has 2 nitrogen and oxygen atoms in total. The van der Waals surface area contributed by atoms with E-state index in [0.29, 0.717) is 12.6 Å². The quantitative estimate of drug-likeness (QED) is 0.298. The van der Waals surface area contributed by atoms with Gasteiger partial charge in [0.05, 0.1) is 5.57 Å². The van der Waals surface area contributed by atoms with E-state index in [9.17, 15) is 9.59 Å². The first-order valence-corrected chi connectivity index (χ1v) is 5.18. The smallest absolute Gasteiger partial charge is 0.153 e. The van der Waals surface area contributed by atoms with Crippen LogP contribution in [0.5, 0.6) is 0 Å². The highest BCUT2D eigenvalue weighted by Gasteiger charge is 2.01. The molecule has 0 aromatic heterocycles. The lowest BCUT2D eigenvalue weighted by Crippen LogP contribution is -1.91. The molecule has 0 saturated heterocycles. The molecule has 2 heteroatoms. The zero-order valence-corrected chi connectivity index (χ0v) is 8.37. The zero-order chi connectivity index (χ0) is 10.2. The van der Waals surface area contributed by atoms with Gasteiger partial charge in [-0.3, -0.25) is 9.59 Å². The van der Waals surface area contributed by atoms with Gasteiger partial charge in [0.25, 0.3) is 0 Å². The normalized spacial score (nSPS) is 21.0. The van der Waals surface area contributed by atoms with E-state index in [1.165, 1.54) is 19.3 Å². The Balaban J connectivity index is 2.67. The van der Waals surface area contributed by atoms with Crippen LogP contribution in [0.2, 0.25) is 0 Å². The van der Waals surface area contributed by atoms with Gasteiger partial charge in [0.2, 0.25) is 0 Å². The number of hydrogen-bond acceptors (Lipinski definition) is 2. The lowest BCUT2D eigenvalue weighted by Gasteiger charge is -2.07. The Morgan fingerprint density at radius 3 is 2.50 bits per heavy atom. The van der Waals surface area contributed by atoms with Gasteiger partial charge in [0, 0.05) is 0 Å². The lowest BCUT2D eigenvalue weighted by atomic mass is 9.99. The molecule has 0 heterocycles. The summed E-state index contributed by atoms with van der Waals surface area (Å²) in [4.78, 5) is 20.9. The minimum Gasteiger partial charge on any atom is -0.298 e. The molecule has 1 aliphatic carbocycles. The fourth-order valence-corrected chi connectivity index (χ4v) is 1.66. The molecule has 0 radical (unpaired) electrons. The SMILES string of the molecule is O=CC(C=O)=C/C1=C/CCCCCC1. The maximum absolute atomic E-state index is 10.4. The average Bonchev–Trinajstić information content (AvgIpc) is 2.16. The average molecular weight is 192 g/mol. The van der Waals surface area contributed by atoms with Gasteiger partial charge in [0.15, 0.2) is 12.6 Å². The predicted molar refractivity (Wildman–Crippen MR) is 56.0 cm³/mol. The molecule has 1 rings (SSSR count). The summed E-state index contributed by atoms with van der Waals surface area (Å²) in [7, 11) is 0. The summed E-state index contributed by atoms with van der Waals surface area (Å²) in [6.45, 7) is 0. The third-order valence-electron chi connectivity index (χ3n) is 2.45. The standard InChI is InChI=1S/C12H16O2/c13-9-12(10-14)8-11-6-4-2-1-3-5-7-11/h6,8-10H,1-5,7H2/b11-6+. The Morgan fingerprint density at radius 1 is 1.07 bits per heavy atom. The molecule has 0 aromatic carbocycles. The molecule has 0 saturated carbocycles. The van der Waals surface area contributed by atoms with Crippen LogP contribution in [0.15, 0.2) is 23.3 Å². The Bertz CT molecular complexity index is 251. The van der Waals surface area contributed by atoms with Crippen molar-refractivity contribution in [3.63, 3.8) is 0 Å². The summed E-state index contributed by atoms with van der Waals surface area (Å²) in [6.07, 6.45) is 12.1. The fourth-order valence-electron chi connectivity index (χ4n) is 1.66. The van der Waals surface area contributed by atoms with E-state index < -0.39 is 0 Å². The van der Waals surface area contributed by atoms with Crippen LogP contribution < -0.4 is 0 Å². The number of aldehydes is 2. The summed E-state index contributed by atoms with van der Waals surface area (Å²) in [6, 6.07) is 0. The molecular formula is C12H16O2. The molecule has 0 bridgehead atoms. The van der Waals surface area contributed by atoms with Gasteiger partial charge >= 0.3 is 0 Å². The number of rotatable bonds is 3. The topological polar surface area (TPSA) is 34.1 Å². The van der Waals surface area contributed by atoms with E-state index >= 15 is 0 Å². The van der Waals surface area contributed by atoms with Crippen molar-refractivity contribution in [1.82, 2.24) is 0 Å². The Kier molecular flexibility index (Phi) is 4.90. The Labute approximate surface area is 84.7 Å². The molecule has 0 unspecified atom stereocenters. The van der Waals surface area contributed by atoms with Crippen molar-refractivity contribution in [3.05, 3.63) is 23.3 Å². The summed E-state index contributed by atoms with van der Waals surface area (Å²) < 4.78 is 0. The summed E-state index contributed by atoms with van der Waals surface area (Å²) in [5, 5.41) is 0. The fraction of sp³-hybridized carbons (Fsp3) is 0.500. The van der Waals surface area contributed by atoms with Crippen LogP contribution in [-0.2, 0) is 9.59 Å². The van der Waals surface area contributed by atoms with Gasteiger partial charge in [0.1, 0.15) is 0 Å². The monoisotopic (exact) mass is 192 g/mol. The van der Waals surface area contributed by atoms with E-state index in [1.807, 2.05) is 0 Å². The van der Waals surface area contributed by atoms with Gasteiger partial charge < -0.3 is 0 Å². The molecule has 0 aromatic rings. The first kappa shape index (κ1) is 10.9. The van der Waals surface area contributed by atoms with E-state index in [0.717, 1.165) is 24.8 Å². The lowest BCUT2D eigenvalue weighted by molar-refractivity contribution is -0.109. The molecular weight excluding hydrogens is 176 g/mol. The van der Waals surface area contributed by atoms with Crippen LogP contribution in [0.3, 0.4) is 0 Å². The minimum atomic E-state index is 0.247. The first-order chi connectivity index (χ1) is 6.86. The molecule has 1 aliphatic rings. The maximum Gasteiger partial charge on any atom is 0.153 e. The van der Waals surface area contributed by atoms with Crippen molar-refractivity contribution in [2.75, 3.05) is 0 Å². The Morgan fingerprint density at radius 2 is 1.79 bits per heavy atom. The summed E-state index contributed by atoms with van der Waals surface area (Å²) >= 11 is 0. The molecule has 76 valence electrons. The van der Waals surface area contributed by atoms with Crippen LogP contribution in [0.1, 0.15) is 38.5 Å².